The van der Waals surface area contributed by atoms with Crippen LogP contribution in [0, 0.1) is 0 Å². The normalized spacial score (nSPS) is 18.8. The van der Waals surface area contributed by atoms with Gasteiger partial charge in [-0.2, -0.15) is 0 Å². The molecule has 9 amide bonds. The Labute approximate surface area is 284 Å². The van der Waals surface area contributed by atoms with E-state index in [1.165, 1.54) is 0 Å². The van der Waals surface area contributed by atoms with E-state index in [0.717, 1.165) is 68.2 Å². The first-order valence-electron chi connectivity index (χ1n) is 15.7. The topological polar surface area (TPSA) is 245 Å². The predicted octanol–water partition coefficient (Wildman–Crippen LogP) is -2.51. The molecule has 0 fully saturated rings. The number of nitrogens with zero attached hydrogens (tertiary/aromatic N) is 4. The Morgan fingerprint density at radius 1 is 0.560 bits per heavy atom. The van der Waals surface area contributed by atoms with Gasteiger partial charge in [-0.3, -0.25) is 72.3 Å². The zero-order valence-corrected chi connectivity index (χ0v) is 26.6. The van der Waals surface area contributed by atoms with Gasteiger partial charge < -0.3 is 15.7 Å². The average molecular weight is 695 g/mol. The Morgan fingerprint density at radius 2 is 0.960 bits per heavy atom. The van der Waals surface area contributed by atoms with Crippen LogP contribution in [0.15, 0.2) is 48.6 Å². The number of amides is 9. The molecule has 0 saturated carbocycles. The lowest BCUT2D eigenvalue weighted by molar-refractivity contribution is -0.145. The first kappa shape index (κ1) is 36.9. The van der Waals surface area contributed by atoms with Crippen LogP contribution in [0.1, 0.15) is 38.5 Å². The molecule has 0 spiro atoms. The lowest BCUT2D eigenvalue weighted by Crippen LogP contribution is -2.49. The van der Waals surface area contributed by atoms with Crippen LogP contribution in [0.2, 0.25) is 0 Å². The lowest BCUT2D eigenvalue weighted by Gasteiger charge is -2.29. The molecule has 4 aliphatic rings. The summed E-state index contributed by atoms with van der Waals surface area (Å²) in [6, 6.07) is -2.75. The van der Waals surface area contributed by atoms with Crippen LogP contribution < -0.4 is 10.6 Å². The standard InChI is InChI=1S/C32H34N6O12/c39-22(4-2-20(37-28(45)10-11-29(37)46)17-35-24(41)6-7-25(35)42)16-33-15-19(1-14-32(49)50)34-23(40)5-3-21(38-30(47)12-13-31(38)48)18-36-26(43)8-9-27(36)44/h6-13,19-21,33H,1-5,14-18H2,(H,34,40)(H,49,50). The first-order valence-corrected chi connectivity index (χ1v) is 15.7. The van der Waals surface area contributed by atoms with E-state index in [2.05, 4.69) is 10.6 Å². The molecule has 3 unspecified atom stereocenters. The molecule has 3 atom stereocenters. The Morgan fingerprint density at radius 3 is 1.38 bits per heavy atom. The highest BCUT2D eigenvalue weighted by molar-refractivity contribution is 6.15. The summed E-state index contributed by atoms with van der Waals surface area (Å²) in [6.07, 6.45) is 7.41. The molecule has 0 aromatic rings. The fourth-order valence-corrected chi connectivity index (χ4v) is 5.71. The van der Waals surface area contributed by atoms with Crippen LogP contribution in [0.5, 0.6) is 0 Å². The largest absolute Gasteiger partial charge is 0.481 e. The van der Waals surface area contributed by atoms with Crippen molar-refractivity contribution in [1.29, 1.82) is 0 Å². The fraction of sp³-hybridized carbons (Fsp3) is 0.406. The maximum atomic E-state index is 12.9. The molecule has 50 heavy (non-hydrogen) atoms. The number of carbonyl (C=O) groups excluding carboxylic acids is 10. The predicted molar refractivity (Wildman–Crippen MR) is 166 cm³/mol. The van der Waals surface area contributed by atoms with Crippen molar-refractivity contribution in [2.75, 3.05) is 26.2 Å². The summed E-state index contributed by atoms with van der Waals surface area (Å²) in [5.74, 6) is -7.23. The van der Waals surface area contributed by atoms with Gasteiger partial charge in [-0.05, 0) is 19.3 Å². The number of hydrogen-bond donors (Lipinski definition) is 3. The van der Waals surface area contributed by atoms with E-state index < -0.39 is 77.3 Å². The third-order valence-electron chi connectivity index (χ3n) is 8.25. The zero-order chi connectivity index (χ0) is 36.5. The number of ketones is 1. The van der Waals surface area contributed by atoms with E-state index in [-0.39, 0.29) is 70.5 Å². The molecule has 4 aliphatic heterocycles. The minimum atomic E-state index is -1.13. The summed E-state index contributed by atoms with van der Waals surface area (Å²) in [4.78, 5) is 138. The van der Waals surface area contributed by atoms with E-state index in [4.69, 9.17) is 0 Å². The smallest absolute Gasteiger partial charge is 0.303 e. The van der Waals surface area contributed by atoms with Gasteiger partial charge in [-0.15, -0.1) is 0 Å². The second-order valence-electron chi connectivity index (χ2n) is 11.8. The highest BCUT2D eigenvalue weighted by Crippen LogP contribution is 2.19. The number of rotatable bonds is 20. The maximum absolute atomic E-state index is 12.9. The van der Waals surface area contributed by atoms with Crippen LogP contribution >= 0.6 is 0 Å². The molecule has 18 heteroatoms. The van der Waals surface area contributed by atoms with Crippen molar-refractivity contribution in [3.63, 3.8) is 0 Å². The van der Waals surface area contributed by atoms with E-state index in [1.54, 1.807) is 0 Å². The summed E-state index contributed by atoms with van der Waals surface area (Å²) >= 11 is 0. The van der Waals surface area contributed by atoms with Crippen molar-refractivity contribution in [1.82, 2.24) is 30.2 Å². The number of imide groups is 4. The number of Topliss-reactive ketones (excluding diaryl/α,β-unsaturated/α-hetero) is 1. The quantitative estimate of drug-likeness (QED) is 0.112. The second kappa shape index (κ2) is 16.5. The summed E-state index contributed by atoms with van der Waals surface area (Å²) < 4.78 is 0. The van der Waals surface area contributed by atoms with Gasteiger partial charge >= 0.3 is 5.97 Å². The van der Waals surface area contributed by atoms with Gasteiger partial charge in [0.1, 0.15) is 5.78 Å². The number of hydrogen-bond acceptors (Lipinski definition) is 12. The van der Waals surface area contributed by atoms with Crippen molar-refractivity contribution in [2.45, 2.75) is 56.7 Å². The van der Waals surface area contributed by atoms with Gasteiger partial charge in [0, 0.05) is 80.5 Å². The van der Waals surface area contributed by atoms with Gasteiger partial charge in [0.15, 0.2) is 0 Å². The van der Waals surface area contributed by atoms with Crippen LogP contribution in [-0.4, -0.2) is 134 Å². The van der Waals surface area contributed by atoms with Crippen molar-refractivity contribution in [3.05, 3.63) is 48.6 Å². The Balaban J connectivity index is 1.30. The Bertz CT molecular complexity index is 1570. The molecule has 4 rings (SSSR count). The zero-order valence-electron chi connectivity index (χ0n) is 26.6. The Kier molecular flexibility index (Phi) is 12.2. The molecule has 264 valence electrons. The Hall–Kier alpha value is -5.91. The molecule has 0 aromatic carbocycles. The molecule has 0 radical (unpaired) electrons. The highest BCUT2D eigenvalue weighted by Gasteiger charge is 2.37. The SMILES string of the molecule is O=C(O)CCC(CNCC(=O)CCC(CN1C(=O)C=CC1=O)N1C(=O)C=CC1=O)NC(=O)CCC(CN1C(=O)C=CC1=O)N1C(=O)C=CC1=O. The van der Waals surface area contributed by atoms with Gasteiger partial charge in [0.2, 0.25) is 5.91 Å². The van der Waals surface area contributed by atoms with Crippen LogP contribution in [0.4, 0.5) is 0 Å². The van der Waals surface area contributed by atoms with Crippen molar-refractivity contribution in [3.8, 4) is 0 Å². The van der Waals surface area contributed by atoms with Crippen LogP contribution in [-0.2, 0) is 52.7 Å². The molecule has 4 heterocycles. The lowest BCUT2D eigenvalue weighted by atomic mass is 10.1. The number of carboxylic acids is 1. The maximum Gasteiger partial charge on any atom is 0.303 e. The van der Waals surface area contributed by atoms with E-state index in [9.17, 15) is 57.8 Å². The minimum absolute atomic E-state index is 0.0264. The number of carboxylic acid groups (broad SMARTS) is 1. The molecule has 18 nitrogen and oxygen atoms in total. The monoisotopic (exact) mass is 694 g/mol. The number of aliphatic carboxylic acids is 1. The third kappa shape index (κ3) is 9.37. The molecule has 0 saturated heterocycles. The van der Waals surface area contributed by atoms with Gasteiger partial charge in [0.05, 0.1) is 31.7 Å². The summed E-state index contributed by atoms with van der Waals surface area (Å²) in [5.41, 5.74) is 0. The van der Waals surface area contributed by atoms with Crippen molar-refractivity contribution in [2.24, 2.45) is 0 Å². The molecular formula is C32H34N6O12. The molecule has 0 aromatic heterocycles. The summed E-state index contributed by atoms with van der Waals surface area (Å²) in [6.45, 7) is -0.910. The molecule has 3 N–H and O–H groups in total. The van der Waals surface area contributed by atoms with Crippen LogP contribution in [0.3, 0.4) is 0 Å². The van der Waals surface area contributed by atoms with Gasteiger partial charge in [-0.1, -0.05) is 0 Å². The van der Waals surface area contributed by atoms with Crippen LogP contribution in [0.25, 0.3) is 0 Å². The number of carbonyl (C=O) groups is 11. The summed E-state index contributed by atoms with van der Waals surface area (Å²) in [7, 11) is 0. The molecular weight excluding hydrogens is 660 g/mol. The highest BCUT2D eigenvalue weighted by atomic mass is 16.4. The van der Waals surface area contributed by atoms with E-state index in [1.807, 2.05) is 0 Å². The number of nitrogens with one attached hydrogen (secondary N) is 2. The van der Waals surface area contributed by atoms with E-state index in [0.29, 0.717) is 0 Å². The average Bonchev–Trinajstić information content (AvgIpc) is 3.78. The third-order valence-corrected chi connectivity index (χ3v) is 8.25. The second-order valence-corrected chi connectivity index (χ2v) is 11.8. The minimum Gasteiger partial charge on any atom is -0.481 e. The van der Waals surface area contributed by atoms with Gasteiger partial charge in [-0.25, -0.2) is 0 Å². The van der Waals surface area contributed by atoms with Gasteiger partial charge in [0.25, 0.3) is 47.3 Å². The van der Waals surface area contributed by atoms with Crippen molar-refractivity contribution >= 4 is 64.9 Å². The summed E-state index contributed by atoms with van der Waals surface area (Å²) in [5, 5.41) is 14.7. The van der Waals surface area contributed by atoms with Crippen molar-refractivity contribution < 1.29 is 57.8 Å². The van der Waals surface area contributed by atoms with E-state index >= 15 is 0 Å². The molecule has 0 bridgehead atoms. The fourth-order valence-electron chi connectivity index (χ4n) is 5.71. The first-order chi connectivity index (χ1) is 23.7. The molecule has 0 aliphatic carbocycles.